The van der Waals surface area contributed by atoms with E-state index in [4.69, 9.17) is 4.84 Å². The van der Waals surface area contributed by atoms with E-state index < -0.39 is 4.92 Å². The van der Waals surface area contributed by atoms with Crippen LogP contribution in [0.15, 0.2) is 71.9 Å². The van der Waals surface area contributed by atoms with Gasteiger partial charge in [-0.1, -0.05) is 53.7 Å². The lowest BCUT2D eigenvalue weighted by Crippen LogP contribution is -2.29. The zero-order valence-corrected chi connectivity index (χ0v) is 15.2. The number of nitrogens with one attached hydrogen (secondary N) is 1. The zero-order chi connectivity index (χ0) is 19.9. The fourth-order valence-electron chi connectivity index (χ4n) is 2.76. The van der Waals surface area contributed by atoms with Crippen LogP contribution in [0.2, 0.25) is 0 Å². The molecule has 0 bridgehead atoms. The molecule has 7 nitrogen and oxygen atoms in total. The fourth-order valence-corrected chi connectivity index (χ4v) is 2.76. The predicted molar refractivity (Wildman–Crippen MR) is 107 cm³/mol. The molecular weight excluding hydrogens is 358 g/mol. The van der Waals surface area contributed by atoms with E-state index in [2.05, 4.69) is 10.5 Å². The molecule has 28 heavy (non-hydrogen) atoms. The Labute approximate surface area is 161 Å². The number of hydrogen-bond donors (Lipinski definition) is 1. The second-order valence-electron chi connectivity index (χ2n) is 6.26. The molecule has 1 amide bonds. The third kappa shape index (κ3) is 4.91. The SMILES string of the molecule is C[C@H](NC(=O)CO/N=C\c1cccc([N+](=O)[O-])c1)c1ccc2ccccc2c1. The Bertz CT molecular complexity index is 1030. The zero-order valence-electron chi connectivity index (χ0n) is 15.2. The number of nitro benzene ring substituents is 1. The molecule has 0 aliphatic heterocycles. The number of nitrogens with zero attached hydrogens (tertiary/aromatic N) is 2. The number of benzene rings is 3. The molecule has 142 valence electrons. The van der Waals surface area contributed by atoms with E-state index in [9.17, 15) is 14.9 Å². The first kappa shape index (κ1) is 19.0. The maximum atomic E-state index is 12.0. The van der Waals surface area contributed by atoms with Crippen LogP contribution in [0.1, 0.15) is 24.1 Å². The fraction of sp³-hybridized carbons (Fsp3) is 0.143. The number of rotatable bonds is 7. The highest BCUT2D eigenvalue weighted by molar-refractivity contribution is 5.84. The monoisotopic (exact) mass is 377 g/mol. The van der Waals surface area contributed by atoms with Gasteiger partial charge in [-0.25, -0.2) is 0 Å². The minimum atomic E-state index is -0.486. The van der Waals surface area contributed by atoms with Gasteiger partial charge in [0.25, 0.3) is 11.6 Å². The molecule has 3 rings (SSSR count). The number of carbonyl (C=O) groups is 1. The molecule has 0 radical (unpaired) electrons. The summed E-state index contributed by atoms with van der Waals surface area (Å²) in [6.45, 7) is 1.65. The summed E-state index contributed by atoms with van der Waals surface area (Å²) in [5, 5.41) is 19.5. The van der Waals surface area contributed by atoms with Crippen molar-refractivity contribution in [1.29, 1.82) is 0 Å². The predicted octanol–water partition coefficient (Wildman–Crippen LogP) is 3.98. The van der Waals surface area contributed by atoms with Gasteiger partial charge in [0, 0.05) is 17.7 Å². The molecule has 0 aliphatic carbocycles. The summed E-state index contributed by atoms with van der Waals surface area (Å²) in [6.07, 6.45) is 1.33. The molecule has 0 saturated carbocycles. The molecule has 1 atom stereocenters. The van der Waals surface area contributed by atoms with Crippen molar-refractivity contribution >= 4 is 28.6 Å². The molecule has 0 spiro atoms. The first-order valence-corrected chi connectivity index (χ1v) is 8.71. The Balaban J connectivity index is 1.52. The van der Waals surface area contributed by atoms with Crippen molar-refractivity contribution < 1.29 is 14.6 Å². The normalized spacial score (nSPS) is 12.0. The lowest BCUT2D eigenvalue weighted by molar-refractivity contribution is -0.384. The Kier molecular flexibility index (Phi) is 5.96. The summed E-state index contributed by atoms with van der Waals surface area (Å²) < 4.78 is 0. The van der Waals surface area contributed by atoms with Gasteiger partial charge in [0.15, 0.2) is 6.61 Å². The Morgan fingerprint density at radius 3 is 2.71 bits per heavy atom. The van der Waals surface area contributed by atoms with Gasteiger partial charge in [-0.05, 0) is 29.3 Å². The van der Waals surface area contributed by atoms with Crippen molar-refractivity contribution in [3.8, 4) is 0 Å². The average molecular weight is 377 g/mol. The summed E-state index contributed by atoms with van der Waals surface area (Å²) >= 11 is 0. The molecule has 0 fully saturated rings. The van der Waals surface area contributed by atoms with Crippen molar-refractivity contribution in [2.24, 2.45) is 5.16 Å². The van der Waals surface area contributed by atoms with Gasteiger partial charge in [0.1, 0.15) is 0 Å². The van der Waals surface area contributed by atoms with E-state index in [1.807, 2.05) is 49.4 Å². The third-order valence-corrected chi connectivity index (χ3v) is 4.20. The van der Waals surface area contributed by atoms with Gasteiger partial charge in [-0.3, -0.25) is 14.9 Å². The quantitative estimate of drug-likeness (QED) is 0.383. The van der Waals surface area contributed by atoms with Crippen molar-refractivity contribution in [1.82, 2.24) is 5.32 Å². The Morgan fingerprint density at radius 1 is 1.14 bits per heavy atom. The van der Waals surface area contributed by atoms with Crippen LogP contribution in [0.4, 0.5) is 5.69 Å². The van der Waals surface area contributed by atoms with E-state index in [1.165, 1.54) is 18.3 Å². The largest absolute Gasteiger partial charge is 0.386 e. The highest BCUT2D eigenvalue weighted by Crippen LogP contribution is 2.20. The standard InChI is InChI=1S/C21H19N3O4/c1-15(18-10-9-17-6-2-3-7-19(17)12-18)23-21(25)14-28-22-13-16-5-4-8-20(11-16)24(26)27/h2-13,15H,14H2,1H3,(H,23,25)/b22-13-/t15-/m0/s1. The molecular formula is C21H19N3O4. The smallest absolute Gasteiger partial charge is 0.270 e. The maximum absolute atomic E-state index is 12.0. The lowest BCUT2D eigenvalue weighted by atomic mass is 10.0. The minimum absolute atomic E-state index is 0.0362. The summed E-state index contributed by atoms with van der Waals surface area (Å²) in [4.78, 5) is 27.3. The first-order chi connectivity index (χ1) is 13.5. The Hall–Kier alpha value is -3.74. The molecule has 1 N–H and O–H groups in total. The number of oxime groups is 1. The number of carbonyl (C=O) groups excluding carboxylic acids is 1. The van der Waals surface area contributed by atoms with Crippen molar-refractivity contribution in [2.75, 3.05) is 6.61 Å². The molecule has 0 heterocycles. The van der Waals surface area contributed by atoms with E-state index in [0.29, 0.717) is 5.56 Å². The number of fused-ring (bicyclic) bond motifs is 1. The third-order valence-electron chi connectivity index (χ3n) is 4.20. The van der Waals surface area contributed by atoms with E-state index >= 15 is 0 Å². The summed E-state index contributed by atoms with van der Waals surface area (Å²) in [7, 11) is 0. The van der Waals surface area contributed by atoms with Crippen molar-refractivity contribution in [3.63, 3.8) is 0 Å². The highest BCUT2D eigenvalue weighted by Gasteiger charge is 2.10. The molecule has 0 aromatic heterocycles. The van der Waals surface area contributed by atoms with Crippen LogP contribution in [0.3, 0.4) is 0 Å². The second kappa shape index (κ2) is 8.77. The van der Waals surface area contributed by atoms with Gasteiger partial charge < -0.3 is 10.2 Å². The lowest BCUT2D eigenvalue weighted by Gasteiger charge is -2.14. The van der Waals surface area contributed by atoms with E-state index in [1.54, 1.807) is 12.1 Å². The van der Waals surface area contributed by atoms with Crippen LogP contribution < -0.4 is 5.32 Å². The molecule has 0 unspecified atom stereocenters. The van der Waals surface area contributed by atoms with Crippen LogP contribution in [0.25, 0.3) is 10.8 Å². The molecule has 0 saturated heterocycles. The first-order valence-electron chi connectivity index (χ1n) is 8.71. The van der Waals surface area contributed by atoms with Gasteiger partial charge in [-0.15, -0.1) is 0 Å². The molecule has 3 aromatic carbocycles. The van der Waals surface area contributed by atoms with E-state index in [-0.39, 0.29) is 24.2 Å². The van der Waals surface area contributed by atoms with Gasteiger partial charge in [0.2, 0.25) is 0 Å². The summed E-state index contributed by atoms with van der Waals surface area (Å²) in [5.41, 5.74) is 1.47. The second-order valence-corrected chi connectivity index (χ2v) is 6.26. The van der Waals surface area contributed by atoms with Crippen LogP contribution in [-0.4, -0.2) is 23.7 Å². The number of nitro groups is 1. The minimum Gasteiger partial charge on any atom is -0.386 e. The van der Waals surface area contributed by atoms with Gasteiger partial charge >= 0.3 is 0 Å². The van der Waals surface area contributed by atoms with Crippen molar-refractivity contribution in [2.45, 2.75) is 13.0 Å². The van der Waals surface area contributed by atoms with Crippen molar-refractivity contribution in [3.05, 3.63) is 88.0 Å². The Morgan fingerprint density at radius 2 is 1.93 bits per heavy atom. The van der Waals surface area contributed by atoms with Crippen LogP contribution >= 0.6 is 0 Å². The average Bonchev–Trinajstić information content (AvgIpc) is 2.71. The van der Waals surface area contributed by atoms with Crippen LogP contribution in [0, 0.1) is 10.1 Å². The number of hydrogen-bond acceptors (Lipinski definition) is 5. The number of non-ortho nitro benzene ring substituents is 1. The molecule has 0 aliphatic rings. The summed E-state index contributed by atoms with van der Waals surface area (Å²) in [6, 6.07) is 19.9. The topological polar surface area (TPSA) is 93.8 Å². The highest BCUT2D eigenvalue weighted by atomic mass is 16.6. The van der Waals surface area contributed by atoms with Gasteiger partial charge in [0.05, 0.1) is 17.2 Å². The number of amides is 1. The maximum Gasteiger partial charge on any atom is 0.270 e. The molecule has 3 aromatic rings. The van der Waals surface area contributed by atoms with E-state index in [0.717, 1.165) is 16.3 Å². The van der Waals surface area contributed by atoms with Gasteiger partial charge in [-0.2, -0.15) is 0 Å². The molecule has 7 heteroatoms. The van der Waals surface area contributed by atoms with Crippen LogP contribution in [-0.2, 0) is 9.63 Å². The summed E-state index contributed by atoms with van der Waals surface area (Å²) in [5.74, 6) is -0.308. The van der Waals surface area contributed by atoms with Crippen LogP contribution in [0.5, 0.6) is 0 Å².